The lowest BCUT2D eigenvalue weighted by molar-refractivity contribution is 0.0408. The Morgan fingerprint density at radius 1 is 1.23 bits per heavy atom. The topological polar surface area (TPSA) is 131 Å². The first-order chi connectivity index (χ1) is 18.8. The first-order valence-electron chi connectivity index (χ1n) is 13.3. The number of nitrogens with zero attached hydrogens (tertiary/aromatic N) is 4. The van der Waals surface area contributed by atoms with E-state index in [0.29, 0.717) is 54.9 Å². The summed E-state index contributed by atoms with van der Waals surface area (Å²) in [5.74, 6) is 1.46. The van der Waals surface area contributed by atoms with Gasteiger partial charge >= 0.3 is 0 Å². The Balaban J connectivity index is 1.27. The SMILES string of the molecule is CC(C)Oc1ccc(-c2nc(-c3cccc4c3CC[C@@H]4CNS(=O)(=O)CCN3CCOCC3)no2)cc1C#N. The van der Waals surface area contributed by atoms with Crippen LogP contribution in [-0.4, -0.2) is 74.7 Å². The Bertz CT molecular complexity index is 1460. The van der Waals surface area contributed by atoms with Crippen molar-refractivity contribution in [2.75, 3.05) is 45.1 Å². The van der Waals surface area contributed by atoms with Crippen molar-refractivity contribution in [1.29, 1.82) is 5.26 Å². The highest BCUT2D eigenvalue weighted by Gasteiger charge is 2.28. The molecule has 1 atom stereocenters. The highest BCUT2D eigenvalue weighted by molar-refractivity contribution is 7.89. The molecule has 1 aromatic heterocycles. The van der Waals surface area contributed by atoms with Crippen molar-refractivity contribution < 1.29 is 22.4 Å². The van der Waals surface area contributed by atoms with Crippen molar-refractivity contribution in [2.24, 2.45) is 0 Å². The second-order valence-corrected chi connectivity index (χ2v) is 12.1. The number of nitriles is 1. The van der Waals surface area contributed by atoms with Crippen LogP contribution in [0.25, 0.3) is 22.8 Å². The van der Waals surface area contributed by atoms with Gasteiger partial charge in [0.2, 0.25) is 15.8 Å². The van der Waals surface area contributed by atoms with Crippen LogP contribution in [0.15, 0.2) is 40.9 Å². The second kappa shape index (κ2) is 11.8. The third-order valence-corrected chi connectivity index (χ3v) is 8.43. The molecule has 1 aliphatic heterocycles. The van der Waals surface area contributed by atoms with Crippen LogP contribution in [0, 0.1) is 11.3 Å². The summed E-state index contributed by atoms with van der Waals surface area (Å²) in [5.41, 5.74) is 4.13. The van der Waals surface area contributed by atoms with Crippen LogP contribution in [0.2, 0.25) is 0 Å². The normalized spacial score (nSPS) is 17.7. The standard InChI is InChI=1S/C28H33N5O5S/c1-19(2)37-26-9-7-20(16-22(26)17-29)28-31-27(32-38-28)25-5-3-4-23-21(6-8-24(23)25)18-30-39(34,35)15-12-33-10-13-36-14-11-33/h3-5,7,9,16,19,21,30H,6,8,10-15,18H2,1-2H3/t21-/m1/s1. The molecular formula is C28H33N5O5S. The molecule has 1 aliphatic carbocycles. The number of fused-ring (bicyclic) bond motifs is 1. The lowest BCUT2D eigenvalue weighted by atomic mass is 9.98. The Morgan fingerprint density at radius 3 is 2.82 bits per heavy atom. The van der Waals surface area contributed by atoms with E-state index in [1.165, 1.54) is 0 Å². The zero-order chi connectivity index (χ0) is 27.4. The van der Waals surface area contributed by atoms with Crippen molar-refractivity contribution in [1.82, 2.24) is 19.8 Å². The third kappa shape index (κ3) is 6.47. The van der Waals surface area contributed by atoms with Gasteiger partial charge in [0.05, 0.1) is 30.6 Å². The van der Waals surface area contributed by atoms with Crippen LogP contribution in [-0.2, 0) is 21.2 Å². The summed E-state index contributed by atoms with van der Waals surface area (Å²) >= 11 is 0. The Kier molecular flexibility index (Phi) is 8.28. The fraction of sp³-hybridized carbons (Fsp3) is 0.464. The van der Waals surface area contributed by atoms with E-state index in [1.807, 2.05) is 32.0 Å². The zero-order valence-electron chi connectivity index (χ0n) is 22.2. The largest absolute Gasteiger partial charge is 0.490 e. The van der Waals surface area contributed by atoms with Gasteiger partial charge in [-0.25, -0.2) is 13.1 Å². The maximum absolute atomic E-state index is 12.7. The van der Waals surface area contributed by atoms with E-state index in [1.54, 1.807) is 18.2 Å². The van der Waals surface area contributed by atoms with Crippen molar-refractivity contribution in [3.63, 3.8) is 0 Å². The Labute approximate surface area is 229 Å². The monoisotopic (exact) mass is 551 g/mol. The molecule has 0 unspecified atom stereocenters. The number of benzene rings is 2. The lowest BCUT2D eigenvalue weighted by Gasteiger charge is -2.26. The summed E-state index contributed by atoms with van der Waals surface area (Å²) in [6, 6.07) is 13.3. The number of morpholine rings is 1. The molecule has 2 heterocycles. The van der Waals surface area contributed by atoms with Gasteiger partial charge in [-0.05, 0) is 61.9 Å². The van der Waals surface area contributed by atoms with E-state index in [4.69, 9.17) is 14.0 Å². The van der Waals surface area contributed by atoms with Crippen LogP contribution >= 0.6 is 0 Å². The molecule has 0 saturated carbocycles. The molecule has 10 nitrogen and oxygen atoms in total. The summed E-state index contributed by atoms with van der Waals surface area (Å²) in [4.78, 5) is 6.74. The molecule has 0 amide bonds. The number of aromatic nitrogens is 2. The highest BCUT2D eigenvalue weighted by Crippen LogP contribution is 2.38. The number of ether oxygens (including phenoxy) is 2. The lowest BCUT2D eigenvalue weighted by Crippen LogP contribution is -2.41. The number of nitrogens with one attached hydrogen (secondary N) is 1. The van der Waals surface area contributed by atoms with E-state index < -0.39 is 10.0 Å². The average molecular weight is 552 g/mol. The fourth-order valence-electron chi connectivity index (χ4n) is 5.09. The van der Waals surface area contributed by atoms with Gasteiger partial charge < -0.3 is 14.0 Å². The molecule has 1 fully saturated rings. The van der Waals surface area contributed by atoms with E-state index in [2.05, 4.69) is 25.8 Å². The summed E-state index contributed by atoms with van der Waals surface area (Å²) in [6.07, 6.45) is 1.59. The predicted octanol–water partition coefficient (Wildman–Crippen LogP) is 3.34. The zero-order valence-corrected chi connectivity index (χ0v) is 23.0. The van der Waals surface area contributed by atoms with Gasteiger partial charge in [0.1, 0.15) is 11.8 Å². The number of sulfonamides is 1. The quantitative estimate of drug-likeness (QED) is 0.403. The molecule has 2 aromatic carbocycles. The molecule has 0 radical (unpaired) electrons. The minimum absolute atomic E-state index is 0.0487. The van der Waals surface area contributed by atoms with Crippen LogP contribution in [0.5, 0.6) is 5.75 Å². The molecule has 1 N–H and O–H groups in total. The average Bonchev–Trinajstić information content (AvgIpc) is 3.59. The van der Waals surface area contributed by atoms with E-state index in [-0.39, 0.29) is 17.8 Å². The molecule has 2 aliphatic rings. The van der Waals surface area contributed by atoms with Crippen molar-refractivity contribution in [3.05, 3.63) is 53.1 Å². The van der Waals surface area contributed by atoms with Gasteiger partial charge in [0, 0.05) is 37.3 Å². The molecular weight excluding hydrogens is 518 g/mol. The minimum Gasteiger partial charge on any atom is -0.490 e. The molecule has 3 aromatic rings. The van der Waals surface area contributed by atoms with Crippen LogP contribution in [0.1, 0.15) is 42.9 Å². The molecule has 1 saturated heterocycles. The van der Waals surface area contributed by atoms with Crippen LogP contribution in [0.4, 0.5) is 0 Å². The Morgan fingerprint density at radius 2 is 2.05 bits per heavy atom. The second-order valence-electron chi connectivity index (χ2n) is 10.1. The fourth-order valence-corrected chi connectivity index (χ4v) is 6.19. The van der Waals surface area contributed by atoms with Gasteiger partial charge in [-0.3, -0.25) is 4.90 Å². The number of hydrogen-bond donors (Lipinski definition) is 1. The van der Waals surface area contributed by atoms with Crippen molar-refractivity contribution in [3.8, 4) is 34.7 Å². The Hall–Kier alpha value is -3.30. The summed E-state index contributed by atoms with van der Waals surface area (Å²) in [6.45, 7) is 7.52. The molecule has 0 spiro atoms. The summed E-state index contributed by atoms with van der Waals surface area (Å²) in [5, 5.41) is 13.8. The predicted molar refractivity (Wildman–Crippen MR) is 146 cm³/mol. The summed E-state index contributed by atoms with van der Waals surface area (Å²) in [7, 11) is -3.38. The number of hydrogen-bond acceptors (Lipinski definition) is 9. The van der Waals surface area contributed by atoms with Gasteiger partial charge in [-0.15, -0.1) is 0 Å². The third-order valence-electron chi connectivity index (χ3n) is 7.10. The van der Waals surface area contributed by atoms with E-state index in [9.17, 15) is 13.7 Å². The first kappa shape index (κ1) is 27.3. The smallest absolute Gasteiger partial charge is 0.258 e. The van der Waals surface area contributed by atoms with Gasteiger partial charge in [-0.2, -0.15) is 10.2 Å². The molecule has 11 heteroatoms. The highest BCUT2D eigenvalue weighted by atomic mass is 32.2. The van der Waals surface area contributed by atoms with Crippen molar-refractivity contribution >= 4 is 10.0 Å². The molecule has 5 rings (SSSR count). The van der Waals surface area contributed by atoms with Crippen LogP contribution in [0.3, 0.4) is 0 Å². The molecule has 0 bridgehead atoms. The number of rotatable bonds is 10. The maximum atomic E-state index is 12.7. The van der Waals surface area contributed by atoms with E-state index >= 15 is 0 Å². The maximum Gasteiger partial charge on any atom is 0.258 e. The van der Waals surface area contributed by atoms with Crippen molar-refractivity contribution in [2.45, 2.75) is 38.7 Å². The van der Waals surface area contributed by atoms with E-state index in [0.717, 1.165) is 42.6 Å². The minimum atomic E-state index is -3.38. The molecule has 39 heavy (non-hydrogen) atoms. The summed E-state index contributed by atoms with van der Waals surface area (Å²) < 4.78 is 44.7. The molecule has 206 valence electrons. The van der Waals surface area contributed by atoms with Crippen LogP contribution < -0.4 is 9.46 Å². The first-order valence-corrected chi connectivity index (χ1v) is 14.9. The van der Waals surface area contributed by atoms with Gasteiger partial charge in [0.25, 0.3) is 5.89 Å². The van der Waals surface area contributed by atoms with Gasteiger partial charge in [-0.1, -0.05) is 23.4 Å². The van der Waals surface area contributed by atoms with Gasteiger partial charge in [0.15, 0.2) is 0 Å².